The lowest BCUT2D eigenvalue weighted by Gasteiger charge is -2.02. The molecule has 0 unspecified atom stereocenters. The van der Waals surface area contributed by atoms with Crippen molar-refractivity contribution in [1.29, 1.82) is 0 Å². The second-order valence-corrected chi connectivity index (χ2v) is 2.94. The number of esters is 2. The van der Waals surface area contributed by atoms with Crippen molar-refractivity contribution in [1.82, 2.24) is 0 Å². The second kappa shape index (κ2) is 5.14. The fraction of sp³-hybridized carbons (Fsp3) is 0.273. The Balaban J connectivity index is 2.83. The smallest absolute Gasteiger partial charge is 0.337 e. The van der Waals surface area contributed by atoms with E-state index in [1.165, 1.54) is 14.2 Å². The summed E-state index contributed by atoms with van der Waals surface area (Å²) < 4.78 is 9.09. The monoisotopic (exact) mass is 208 g/mol. The molecule has 4 nitrogen and oxygen atoms in total. The summed E-state index contributed by atoms with van der Waals surface area (Å²) in [5.41, 5.74) is 1.16. The molecule has 0 saturated heterocycles. The number of hydrogen-bond acceptors (Lipinski definition) is 4. The quantitative estimate of drug-likeness (QED) is 0.700. The third-order valence-corrected chi connectivity index (χ3v) is 1.92. The maximum Gasteiger partial charge on any atom is 0.337 e. The average Bonchev–Trinajstić information content (AvgIpc) is 2.28. The molecule has 0 aliphatic carbocycles. The average molecular weight is 208 g/mol. The molecule has 0 spiro atoms. The van der Waals surface area contributed by atoms with Gasteiger partial charge in [0, 0.05) is 0 Å². The zero-order valence-corrected chi connectivity index (χ0v) is 8.65. The molecule has 0 aliphatic rings. The van der Waals surface area contributed by atoms with Gasteiger partial charge in [0.1, 0.15) is 0 Å². The summed E-state index contributed by atoms with van der Waals surface area (Å²) in [7, 11) is 2.64. The SMILES string of the molecule is COC(=O)Cc1cccc(C(=O)OC)c1. The van der Waals surface area contributed by atoms with Crippen LogP contribution in [0.25, 0.3) is 0 Å². The number of benzene rings is 1. The highest BCUT2D eigenvalue weighted by atomic mass is 16.5. The Morgan fingerprint density at radius 3 is 2.53 bits per heavy atom. The van der Waals surface area contributed by atoms with Crippen molar-refractivity contribution in [3.8, 4) is 0 Å². The van der Waals surface area contributed by atoms with Crippen LogP contribution in [0.4, 0.5) is 0 Å². The topological polar surface area (TPSA) is 52.6 Å². The van der Waals surface area contributed by atoms with Crippen LogP contribution in [0.1, 0.15) is 15.9 Å². The molecule has 0 aromatic heterocycles. The van der Waals surface area contributed by atoms with Gasteiger partial charge in [-0.25, -0.2) is 4.79 Å². The highest BCUT2D eigenvalue weighted by Crippen LogP contribution is 2.07. The zero-order chi connectivity index (χ0) is 11.3. The molecule has 0 bridgehead atoms. The number of hydrogen-bond donors (Lipinski definition) is 0. The first-order valence-electron chi connectivity index (χ1n) is 4.41. The maximum absolute atomic E-state index is 11.2. The fourth-order valence-corrected chi connectivity index (χ4v) is 1.16. The summed E-state index contributed by atoms with van der Waals surface area (Å²) >= 11 is 0. The van der Waals surface area contributed by atoms with E-state index < -0.39 is 5.97 Å². The molecule has 0 N–H and O–H groups in total. The lowest BCUT2D eigenvalue weighted by Crippen LogP contribution is -2.06. The summed E-state index contributed by atoms with van der Waals surface area (Å²) in [4.78, 5) is 22.2. The Kier molecular flexibility index (Phi) is 3.85. The number of rotatable bonds is 3. The Morgan fingerprint density at radius 2 is 1.93 bits per heavy atom. The van der Waals surface area contributed by atoms with Crippen LogP contribution < -0.4 is 0 Å². The molecule has 0 radical (unpaired) electrons. The molecule has 0 aliphatic heterocycles. The second-order valence-electron chi connectivity index (χ2n) is 2.94. The van der Waals surface area contributed by atoms with Crippen LogP contribution in [0.15, 0.2) is 24.3 Å². The van der Waals surface area contributed by atoms with E-state index >= 15 is 0 Å². The van der Waals surface area contributed by atoms with Crippen molar-refractivity contribution < 1.29 is 19.1 Å². The van der Waals surface area contributed by atoms with Gasteiger partial charge in [-0.2, -0.15) is 0 Å². The zero-order valence-electron chi connectivity index (χ0n) is 8.65. The maximum atomic E-state index is 11.2. The van der Waals surface area contributed by atoms with Crippen LogP contribution >= 0.6 is 0 Å². The van der Waals surface area contributed by atoms with Crippen LogP contribution in [0.3, 0.4) is 0 Å². The Hall–Kier alpha value is -1.84. The largest absolute Gasteiger partial charge is 0.469 e. The minimum atomic E-state index is -0.415. The normalized spacial score (nSPS) is 9.47. The van der Waals surface area contributed by atoms with Gasteiger partial charge >= 0.3 is 11.9 Å². The third-order valence-electron chi connectivity index (χ3n) is 1.92. The highest BCUT2D eigenvalue weighted by molar-refractivity contribution is 5.89. The number of carbonyl (C=O) groups excluding carboxylic acids is 2. The standard InChI is InChI=1S/C11H12O4/c1-14-10(12)7-8-4-3-5-9(6-8)11(13)15-2/h3-6H,7H2,1-2H3. The van der Waals surface area contributed by atoms with Crippen molar-refractivity contribution in [3.63, 3.8) is 0 Å². The van der Waals surface area contributed by atoms with Crippen LogP contribution in [0, 0.1) is 0 Å². The summed E-state index contributed by atoms with van der Waals surface area (Å²) in [6.45, 7) is 0. The van der Waals surface area contributed by atoms with Crippen LogP contribution in [-0.4, -0.2) is 26.2 Å². The first-order chi connectivity index (χ1) is 7.17. The van der Waals surface area contributed by atoms with Crippen molar-refractivity contribution >= 4 is 11.9 Å². The van der Waals surface area contributed by atoms with Gasteiger partial charge in [0.15, 0.2) is 0 Å². The van der Waals surface area contributed by atoms with E-state index in [4.69, 9.17) is 0 Å². The van der Waals surface area contributed by atoms with E-state index in [1.54, 1.807) is 24.3 Å². The molecule has 1 rings (SSSR count). The number of methoxy groups -OCH3 is 2. The molecule has 80 valence electrons. The van der Waals surface area contributed by atoms with Crippen molar-refractivity contribution in [2.75, 3.05) is 14.2 Å². The molecule has 0 atom stereocenters. The highest BCUT2D eigenvalue weighted by Gasteiger charge is 2.07. The van der Waals surface area contributed by atoms with Gasteiger partial charge in [0.25, 0.3) is 0 Å². The number of carbonyl (C=O) groups is 2. The van der Waals surface area contributed by atoms with Crippen molar-refractivity contribution in [2.45, 2.75) is 6.42 Å². The van der Waals surface area contributed by atoms with Crippen molar-refractivity contribution in [2.24, 2.45) is 0 Å². The predicted molar refractivity (Wildman–Crippen MR) is 53.5 cm³/mol. The molecule has 1 aromatic rings. The van der Waals surface area contributed by atoms with Gasteiger partial charge in [0.05, 0.1) is 26.2 Å². The first kappa shape index (κ1) is 11.2. The molecule has 0 amide bonds. The lowest BCUT2D eigenvalue weighted by molar-refractivity contribution is -0.139. The molecular formula is C11H12O4. The predicted octanol–water partition coefficient (Wildman–Crippen LogP) is 1.19. The molecule has 0 heterocycles. The molecule has 1 aromatic carbocycles. The minimum Gasteiger partial charge on any atom is -0.469 e. The van der Waals surface area contributed by atoms with Gasteiger partial charge in [-0.05, 0) is 17.7 Å². The van der Waals surface area contributed by atoms with E-state index in [-0.39, 0.29) is 12.4 Å². The summed E-state index contributed by atoms with van der Waals surface area (Å²) in [6.07, 6.45) is 0.154. The van der Waals surface area contributed by atoms with Crippen LogP contribution in [0.5, 0.6) is 0 Å². The molecular weight excluding hydrogens is 196 g/mol. The molecule has 0 saturated carbocycles. The molecule has 0 fully saturated rings. The Labute approximate surface area is 87.8 Å². The van der Waals surface area contributed by atoms with E-state index in [1.807, 2.05) is 0 Å². The Morgan fingerprint density at radius 1 is 1.20 bits per heavy atom. The summed E-state index contributed by atoms with van der Waals surface area (Å²) in [5, 5.41) is 0. The Bertz CT molecular complexity index is 371. The summed E-state index contributed by atoms with van der Waals surface area (Å²) in [6, 6.07) is 6.70. The van der Waals surface area contributed by atoms with Crippen LogP contribution in [-0.2, 0) is 20.7 Å². The third kappa shape index (κ3) is 3.09. The van der Waals surface area contributed by atoms with Crippen molar-refractivity contribution in [3.05, 3.63) is 35.4 Å². The first-order valence-corrected chi connectivity index (χ1v) is 4.41. The fourth-order valence-electron chi connectivity index (χ4n) is 1.16. The van der Waals surface area contributed by atoms with Gasteiger partial charge in [-0.15, -0.1) is 0 Å². The van der Waals surface area contributed by atoms with E-state index in [9.17, 15) is 9.59 Å². The van der Waals surface area contributed by atoms with E-state index in [0.29, 0.717) is 5.56 Å². The number of ether oxygens (including phenoxy) is 2. The van der Waals surface area contributed by atoms with Gasteiger partial charge < -0.3 is 9.47 Å². The molecule has 15 heavy (non-hydrogen) atoms. The molecule has 4 heteroatoms. The van der Waals surface area contributed by atoms with E-state index in [2.05, 4.69) is 9.47 Å². The summed E-state index contributed by atoms with van der Waals surface area (Å²) in [5.74, 6) is -0.751. The van der Waals surface area contributed by atoms with Gasteiger partial charge in [-0.1, -0.05) is 12.1 Å². The van der Waals surface area contributed by atoms with Crippen LogP contribution in [0.2, 0.25) is 0 Å². The van der Waals surface area contributed by atoms with E-state index in [0.717, 1.165) is 5.56 Å². The van der Waals surface area contributed by atoms with Gasteiger partial charge in [0.2, 0.25) is 0 Å². The lowest BCUT2D eigenvalue weighted by atomic mass is 10.1. The minimum absolute atomic E-state index is 0.154. The van der Waals surface area contributed by atoms with Gasteiger partial charge in [-0.3, -0.25) is 4.79 Å².